The normalized spacial score (nSPS) is 10.9. The van der Waals surface area contributed by atoms with Crippen LogP contribution in [-0.2, 0) is 6.54 Å². The number of rotatable bonds is 2. The van der Waals surface area contributed by atoms with Gasteiger partial charge in [0.2, 0.25) is 0 Å². The SMILES string of the molecule is CCn1c(-c2ccccc2)nc2cc(N)ccc21. The maximum Gasteiger partial charge on any atom is 0.141 e. The Morgan fingerprint density at radius 3 is 2.61 bits per heavy atom. The number of aromatic nitrogens is 2. The fourth-order valence-electron chi connectivity index (χ4n) is 2.27. The molecule has 3 aromatic rings. The maximum atomic E-state index is 5.81. The molecule has 18 heavy (non-hydrogen) atoms. The predicted molar refractivity (Wildman–Crippen MR) is 75.3 cm³/mol. The second kappa shape index (κ2) is 4.18. The van der Waals surface area contributed by atoms with Gasteiger partial charge >= 0.3 is 0 Å². The topological polar surface area (TPSA) is 43.8 Å². The minimum absolute atomic E-state index is 0.753. The largest absolute Gasteiger partial charge is 0.399 e. The molecule has 0 saturated heterocycles. The van der Waals surface area contributed by atoms with Gasteiger partial charge in [-0.2, -0.15) is 0 Å². The van der Waals surface area contributed by atoms with Gasteiger partial charge in [-0.15, -0.1) is 0 Å². The molecule has 0 aliphatic rings. The lowest BCUT2D eigenvalue weighted by Crippen LogP contribution is -1.97. The van der Waals surface area contributed by atoms with Crippen molar-refractivity contribution in [3.05, 3.63) is 48.5 Å². The summed E-state index contributed by atoms with van der Waals surface area (Å²) < 4.78 is 2.21. The second-order valence-electron chi connectivity index (χ2n) is 4.29. The highest BCUT2D eigenvalue weighted by Gasteiger charge is 2.10. The molecule has 3 nitrogen and oxygen atoms in total. The van der Waals surface area contributed by atoms with E-state index < -0.39 is 0 Å². The number of nitrogen functional groups attached to an aromatic ring is 1. The van der Waals surface area contributed by atoms with Crippen LogP contribution in [0.3, 0.4) is 0 Å². The fraction of sp³-hybridized carbons (Fsp3) is 0.133. The molecule has 2 aromatic carbocycles. The van der Waals surface area contributed by atoms with E-state index in [1.807, 2.05) is 36.4 Å². The van der Waals surface area contributed by atoms with Gasteiger partial charge in [-0.3, -0.25) is 0 Å². The zero-order valence-electron chi connectivity index (χ0n) is 10.3. The van der Waals surface area contributed by atoms with Crippen molar-refractivity contribution in [2.45, 2.75) is 13.5 Å². The van der Waals surface area contributed by atoms with Crippen molar-refractivity contribution < 1.29 is 0 Å². The standard InChI is InChI=1S/C15H15N3/c1-2-18-14-9-8-12(16)10-13(14)17-15(18)11-6-4-3-5-7-11/h3-10H,2,16H2,1H3. The van der Waals surface area contributed by atoms with Crippen LogP contribution in [0.5, 0.6) is 0 Å². The van der Waals surface area contributed by atoms with Crippen LogP contribution in [0.4, 0.5) is 5.69 Å². The van der Waals surface area contributed by atoms with Crippen molar-refractivity contribution in [3.63, 3.8) is 0 Å². The average Bonchev–Trinajstić information content (AvgIpc) is 2.77. The Balaban J connectivity index is 2.29. The van der Waals surface area contributed by atoms with Gasteiger partial charge in [0, 0.05) is 17.8 Å². The molecule has 0 aliphatic carbocycles. The number of fused-ring (bicyclic) bond motifs is 1. The summed E-state index contributed by atoms with van der Waals surface area (Å²) in [7, 11) is 0. The van der Waals surface area contributed by atoms with Crippen LogP contribution >= 0.6 is 0 Å². The van der Waals surface area contributed by atoms with Gasteiger partial charge in [0.1, 0.15) is 5.82 Å². The smallest absolute Gasteiger partial charge is 0.141 e. The predicted octanol–water partition coefficient (Wildman–Crippen LogP) is 3.31. The number of hydrogen-bond acceptors (Lipinski definition) is 2. The van der Waals surface area contributed by atoms with Gasteiger partial charge in [0.05, 0.1) is 11.0 Å². The lowest BCUT2D eigenvalue weighted by atomic mass is 10.2. The molecule has 0 atom stereocenters. The number of aryl methyl sites for hydroxylation is 1. The van der Waals surface area contributed by atoms with Crippen LogP contribution in [0.25, 0.3) is 22.4 Å². The molecule has 2 N–H and O–H groups in total. The molecule has 1 heterocycles. The lowest BCUT2D eigenvalue weighted by molar-refractivity contribution is 0.796. The molecule has 0 unspecified atom stereocenters. The molecule has 0 spiro atoms. The number of hydrogen-bond donors (Lipinski definition) is 1. The Bertz CT molecular complexity index is 684. The van der Waals surface area contributed by atoms with Crippen LogP contribution in [0, 0.1) is 0 Å². The molecule has 0 amide bonds. The third kappa shape index (κ3) is 1.64. The molecule has 3 rings (SSSR count). The summed E-state index contributed by atoms with van der Waals surface area (Å²) in [6.07, 6.45) is 0. The quantitative estimate of drug-likeness (QED) is 0.695. The third-order valence-corrected chi connectivity index (χ3v) is 3.12. The first-order valence-corrected chi connectivity index (χ1v) is 6.11. The Morgan fingerprint density at radius 1 is 1.11 bits per heavy atom. The van der Waals surface area contributed by atoms with Gasteiger partial charge in [0.25, 0.3) is 0 Å². The van der Waals surface area contributed by atoms with E-state index in [0.717, 1.165) is 34.7 Å². The van der Waals surface area contributed by atoms with E-state index in [9.17, 15) is 0 Å². The van der Waals surface area contributed by atoms with Crippen LogP contribution in [0.1, 0.15) is 6.92 Å². The molecule has 0 fully saturated rings. The molecular weight excluding hydrogens is 222 g/mol. The van der Waals surface area contributed by atoms with Crippen LogP contribution in [0.2, 0.25) is 0 Å². The van der Waals surface area contributed by atoms with Crippen molar-refractivity contribution >= 4 is 16.7 Å². The van der Waals surface area contributed by atoms with Gasteiger partial charge in [-0.1, -0.05) is 30.3 Å². The van der Waals surface area contributed by atoms with Crippen molar-refractivity contribution in [1.82, 2.24) is 9.55 Å². The number of nitrogens with zero attached hydrogens (tertiary/aromatic N) is 2. The summed E-state index contributed by atoms with van der Waals surface area (Å²) in [5.74, 6) is 0.999. The maximum absolute atomic E-state index is 5.81. The molecule has 1 aromatic heterocycles. The van der Waals surface area contributed by atoms with E-state index in [2.05, 4.69) is 23.6 Å². The highest BCUT2D eigenvalue weighted by molar-refractivity contribution is 5.83. The Kier molecular flexibility index (Phi) is 2.52. The third-order valence-electron chi connectivity index (χ3n) is 3.12. The number of imidazole rings is 1. The summed E-state index contributed by atoms with van der Waals surface area (Å²) in [5.41, 5.74) is 9.78. The number of benzene rings is 2. The molecule has 0 bridgehead atoms. The fourth-order valence-corrected chi connectivity index (χ4v) is 2.27. The van der Waals surface area contributed by atoms with E-state index >= 15 is 0 Å². The molecule has 0 aliphatic heterocycles. The lowest BCUT2D eigenvalue weighted by Gasteiger charge is -2.05. The monoisotopic (exact) mass is 237 g/mol. The summed E-state index contributed by atoms with van der Waals surface area (Å²) in [5, 5.41) is 0. The molecule has 0 radical (unpaired) electrons. The number of anilines is 1. The highest BCUT2D eigenvalue weighted by atomic mass is 15.1. The van der Waals surface area contributed by atoms with Crippen LogP contribution in [-0.4, -0.2) is 9.55 Å². The van der Waals surface area contributed by atoms with Gasteiger partial charge in [0.15, 0.2) is 0 Å². The Morgan fingerprint density at radius 2 is 1.89 bits per heavy atom. The van der Waals surface area contributed by atoms with Gasteiger partial charge in [-0.05, 0) is 25.1 Å². The van der Waals surface area contributed by atoms with Crippen molar-refractivity contribution in [1.29, 1.82) is 0 Å². The van der Waals surface area contributed by atoms with E-state index in [0.29, 0.717) is 0 Å². The Labute approximate surface area is 106 Å². The van der Waals surface area contributed by atoms with Crippen molar-refractivity contribution in [2.75, 3.05) is 5.73 Å². The Hall–Kier alpha value is -2.29. The summed E-state index contributed by atoms with van der Waals surface area (Å²) >= 11 is 0. The average molecular weight is 237 g/mol. The first-order chi connectivity index (χ1) is 8.79. The first kappa shape index (κ1) is 10.8. The zero-order valence-corrected chi connectivity index (χ0v) is 10.3. The second-order valence-corrected chi connectivity index (χ2v) is 4.29. The van der Waals surface area contributed by atoms with E-state index in [1.165, 1.54) is 0 Å². The van der Waals surface area contributed by atoms with E-state index in [1.54, 1.807) is 0 Å². The zero-order chi connectivity index (χ0) is 12.5. The van der Waals surface area contributed by atoms with Crippen LogP contribution < -0.4 is 5.73 Å². The summed E-state index contributed by atoms with van der Waals surface area (Å²) in [6, 6.07) is 16.1. The molecular formula is C15H15N3. The van der Waals surface area contributed by atoms with E-state index in [4.69, 9.17) is 10.7 Å². The summed E-state index contributed by atoms with van der Waals surface area (Å²) in [4.78, 5) is 4.70. The van der Waals surface area contributed by atoms with Crippen molar-refractivity contribution in [2.24, 2.45) is 0 Å². The van der Waals surface area contributed by atoms with Gasteiger partial charge in [-0.25, -0.2) is 4.98 Å². The highest BCUT2D eigenvalue weighted by Crippen LogP contribution is 2.25. The first-order valence-electron chi connectivity index (χ1n) is 6.11. The van der Waals surface area contributed by atoms with E-state index in [-0.39, 0.29) is 0 Å². The molecule has 3 heteroatoms. The molecule has 90 valence electrons. The van der Waals surface area contributed by atoms with Crippen molar-refractivity contribution in [3.8, 4) is 11.4 Å². The van der Waals surface area contributed by atoms with Crippen LogP contribution in [0.15, 0.2) is 48.5 Å². The summed E-state index contributed by atoms with van der Waals surface area (Å²) in [6.45, 7) is 3.02. The minimum atomic E-state index is 0.753. The number of nitrogens with two attached hydrogens (primary N) is 1. The minimum Gasteiger partial charge on any atom is -0.399 e. The van der Waals surface area contributed by atoms with Gasteiger partial charge < -0.3 is 10.3 Å². The molecule has 0 saturated carbocycles.